The molecule has 0 bridgehead atoms. The summed E-state index contributed by atoms with van der Waals surface area (Å²) in [6.07, 6.45) is 8.51. The zero-order chi connectivity index (χ0) is 19.6. The van der Waals surface area contributed by atoms with Crippen LogP contribution in [0.15, 0.2) is 40.0 Å². The van der Waals surface area contributed by atoms with E-state index in [9.17, 15) is 4.39 Å². The van der Waals surface area contributed by atoms with Crippen LogP contribution in [0, 0.1) is 5.82 Å². The molecule has 1 aliphatic heterocycles. The number of rotatable bonds is 6. The van der Waals surface area contributed by atoms with Crippen molar-refractivity contribution in [1.82, 2.24) is 4.90 Å². The van der Waals surface area contributed by atoms with E-state index in [-0.39, 0.29) is 5.82 Å². The molecule has 150 valence electrons. The second kappa shape index (κ2) is 11.4. The van der Waals surface area contributed by atoms with E-state index in [4.69, 9.17) is 10.2 Å². The Balaban J connectivity index is 0.000000279. The summed E-state index contributed by atoms with van der Waals surface area (Å²) >= 11 is 1.72. The summed E-state index contributed by atoms with van der Waals surface area (Å²) < 4.78 is 18.7. The first-order valence-electron chi connectivity index (χ1n) is 10.0. The Morgan fingerprint density at radius 2 is 2.04 bits per heavy atom. The van der Waals surface area contributed by atoms with Gasteiger partial charge < -0.3 is 15.1 Å². The molecule has 0 unspecified atom stereocenters. The van der Waals surface area contributed by atoms with Crippen molar-refractivity contribution in [3.05, 3.63) is 46.9 Å². The quantitative estimate of drug-likeness (QED) is 0.644. The van der Waals surface area contributed by atoms with E-state index in [1.165, 1.54) is 49.9 Å². The number of likely N-dealkylation sites (tertiary alicyclic amines) is 1. The lowest BCUT2D eigenvalue weighted by Crippen LogP contribution is -2.33. The molecular weight excluding hydrogens is 359 g/mol. The molecule has 0 amide bonds. The average Bonchev–Trinajstić information content (AvgIpc) is 3.10. The van der Waals surface area contributed by atoms with Crippen LogP contribution in [-0.2, 0) is 0 Å². The molecule has 27 heavy (non-hydrogen) atoms. The summed E-state index contributed by atoms with van der Waals surface area (Å²) in [7, 11) is 0. The first-order valence-corrected chi connectivity index (χ1v) is 11.0. The molecule has 5 heteroatoms. The van der Waals surface area contributed by atoms with E-state index in [1.54, 1.807) is 11.8 Å². The highest BCUT2D eigenvalue weighted by Gasteiger charge is 2.23. The van der Waals surface area contributed by atoms with Crippen LogP contribution in [0.25, 0.3) is 11.0 Å². The van der Waals surface area contributed by atoms with Gasteiger partial charge in [-0.2, -0.15) is 0 Å². The zero-order valence-corrected chi connectivity index (χ0v) is 17.7. The zero-order valence-electron chi connectivity index (χ0n) is 16.8. The fraction of sp³-hybridized carbons (Fsp3) is 0.545. The van der Waals surface area contributed by atoms with Crippen LogP contribution in [0.1, 0.15) is 57.9 Å². The van der Waals surface area contributed by atoms with Gasteiger partial charge in [-0.3, -0.25) is 0 Å². The number of furan rings is 1. The van der Waals surface area contributed by atoms with Crippen molar-refractivity contribution in [3.8, 4) is 0 Å². The smallest absolute Gasteiger partial charge is 0.137 e. The highest BCUT2D eigenvalue weighted by atomic mass is 32.2. The number of allylic oxidation sites excluding steroid dienone is 1. The Kier molecular flexibility index (Phi) is 9.22. The van der Waals surface area contributed by atoms with Crippen molar-refractivity contribution >= 4 is 22.7 Å². The van der Waals surface area contributed by atoms with Crippen LogP contribution < -0.4 is 5.73 Å². The number of nitrogens with two attached hydrogens (primary N) is 1. The molecule has 1 fully saturated rings. The molecule has 2 aromatic rings. The number of fused-ring (bicyclic) bond motifs is 1. The number of hydrogen-bond acceptors (Lipinski definition) is 4. The molecule has 2 heterocycles. The number of nitrogens with zero attached hydrogens (tertiary/aromatic N) is 1. The number of halogens is 1. The van der Waals surface area contributed by atoms with Crippen LogP contribution in [0.4, 0.5) is 4.39 Å². The Hall–Kier alpha value is -1.46. The molecule has 0 saturated carbocycles. The molecule has 3 nitrogen and oxygen atoms in total. The van der Waals surface area contributed by atoms with Gasteiger partial charge in [0.2, 0.25) is 0 Å². The van der Waals surface area contributed by atoms with Crippen molar-refractivity contribution in [3.63, 3.8) is 0 Å². The van der Waals surface area contributed by atoms with Gasteiger partial charge >= 0.3 is 0 Å². The molecule has 1 aliphatic rings. The summed E-state index contributed by atoms with van der Waals surface area (Å²) in [5.41, 5.74) is 7.41. The summed E-state index contributed by atoms with van der Waals surface area (Å²) in [4.78, 5) is 2.53. The molecule has 2 N–H and O–H groups in total. The average molecular weight is 393 g/mol. The molecule has 0 spiro atoms. The van der Waals surface area contributed by atoms with Gasteiger partial charge in [-0.15, -0.1) is 11.8 Å². The van der Waals surface area contributed by atoms with Crippen LogP contribution in [0.5, 0.6) is 0 Å². The topological polar surface area (TPSA) is 42.4 Å². The van der Waals surface area contributed by atoms with Crippen molar-refractivity contribution in [1.29, 1.82) is 0 Å². The second-order valence-electron chi connectivity index (χ2n) is 6.99. The minimum Gasteiger partial charge on any atom is -0.464 e. The summed E-state index contributed by atoms with van der Waals surface area (Å²) in [6, 6.07) is 4.85. The Labute approximate surface area is 167 Å². The Morgan fingerprint density at radius 3 is 2.67 bits per heavy atom. The predicted octanol–water partition coefficient (Wildman–Crippen LogP) is 6.11. The van der Waals surface area contributed by atoms with Gasteiger partial charge in [-0.1, -0.05) is 19.9 Å². The van der Waals surface area contributed by atoms with Crippen molar-refractivity contribution in [2.75, 3.05) is 25.4 Å². The summed E-state index contributed by atoms with van der Waals surface area (Å²) in [6.45, 7) is 9.85. The highest BCUT2D eigenvalue weighted by Crippen LogP contribution is 2.34. The Bertz CT molecular complexity index is 720. The monoisotopic (exact) mass is 392 g/mol. The lowest BCUT2D eigenvalue weighted by atomic mass is 9.89. The molecule has 0 aliphatic carbocycles. The van der Waals surface area contributed by atoms with E-state index in [0.717, 1.165) is 29.3 Å². The van der Waals surface area contributed by atoms with Gasteiger partial charge in [0.05, 0.1) is 11.3 Å². The number of thioether (sulfide) groups is 1. The van der Waals surface area contributed by atoms with Crippen molar-refractivity contribution < 1.29 is 8.81 Å². The molecule has 0 radical (unpaired) electrons. The fourth-order valence-electron chi connectivity index (χ4n) is 3.43. The van der Waals surface area contributed by atoms with Crippen molar-refractivity contribution in [2.45, 2.75) is 52.4 Å². The molecular formula is C22H33FN2OS. The first kappa shape index (κ1) is 21.8. The van der Waals surface area contributed by atoms with E-state index in [2.05, 4.69) is 18.7 Å². The molecule has 1 aromatic carbocycles. The lowest BCUT2D eigenvalue weighted by molar-refractivity contribution is 0.213. The largest absolute Gasteiger partial charge is 0.464 e. The fourth-order valence-corrected chi connectivity index (χ4v) is 4.03. The van der Waals surface area contributed by atoms with E-state index in [1.807, 2.05) is 25.3 Å². The number of benzene rings is 1. The third-order valence-electron chi connectivity index (χ3n) is 4.89. The third-order valence-corrected chi connectivity index (χ3v) is 6.07. The van der Waals surface area contributed by atoms with Crippen LogP contribution in [0.3, 0.4) is 0 Å². The molecule has 1 saturated heterocycles. The normalized spacial score (nSPS) is 16.4. The highest BCUT2D eigenvalue weighted by molar-refractivity contribution is 8.02. The summed E-state index contributed by atoms with van der Waals surface area (Å²) in [5, 5.41) is 2.02. The maximum absolute atomic E-state index is 13.2. The maximum Gasteiger partial charge on any atom is 0.137 e. The Morgan fingerprint density at radius 1 is 1.30 bits per heavy atom. The first-order chi connectivity index (χ1) is 13.1. The standard InChI is InChI=1S/C16H20FNO.C6H13NS/c1-2-7-18-8-5-12(6-9-18)15-11-19-16-10-13(17)3-4-14(15)16;1-3-5-8-6(7)4-2/h3-4,10-12H,2,5-9H2,1H3;4H,3,5,7H2,1-2H3. The van der Waals surface area contributed by atoms with Gasteiger partial charge in [0, 0.05) is 17.0 Å². The number of piperidine rings is 1. The van der Waals surface area contributed by atoms with Crippen LogP contribution >= 0.6 is 11.8 Å². The van der Waals surface area contributed by atoms with Gasteiger partial charge in [0.15, 0.2) is 0 Å². The predicted molar refractivity (Wildman–Crippen MR) is 116 cm³/mol. The molecule has 0 atom stereocenters. The van der Waals surface area contributed by atoms with Gasteiger partial charge in [-0.25, -0.2) is 4.39 Å². The van der Waals surface area contributed by atoms with E-state index >= 15 is 0 Å². The van der Waals surface area contributed by atoms with Crippen LogP contribution in [-0.4, -0.2) is 30.3 Å². The molecule has 1 aromatic heterocycles. The van der Waals surface area contributed by atoms with Gasteiger partial charge in [0.1, 0.15) is 11.4 Å². The van der Waals surface area contributed by atoms with Gasteiger partial charge in [-0.05, 0) is 76.0 Å². The van der Waals surface area contributed by atoms with E-state index < -0.39 is 0 Å². The minimum atomic E-state index is -0.230. The number of hydrogen-bond donors (Lipinski definition) is 1. The SMILES string of the molecule is CC=C(N)SCCC.CCCN1CCC(c2coc3cc(F)ccc23)CC1. The minimum absolute atomic E-state index is 0.230. The van der Waals surface area contributed by atoms with Crippen LogP contribution in [0.2, 0.25) is 0 Å². The van der Waals surface area contributed by atoms with E-state index in [0.29, 0.717) is 11.5 Å². The molecule has 3 rings (SSSR count). The lowest BCUT2D eigenvalue weighted by Gasteiger charge is -2.31. The van der Waals surface area contributed by atoms with Crippen molar-refractivity contribution in [2.24, 2.45) is 5.73 Å². The van der Waals surface area contributed by atoms with Gasteiger partial charge in [0.25, 0.3) is 0 Å². The third kappa shape index (κ3) is 6.58. The maximum atomic E-state index is 13.2. The second-order valence-corrected chi connectivity index (χ2v) is 8.16. The summed E-state index contributed by atoms with van der Waals surface area (Å²) in [5.74, 6) is 1.46.